The highest BCUT2D eigenvalue weighted by Crippen LogP contribution is 2.20. The molecule has 0 heterocycles. The molecule has 3 heteroatoms. The van der Waals surface area contributed by atoms with Gasteiger partial charge in [-0.15, -0.1) is 0 Å². The molecule has 18 heavy (non-hydrogen) atoms. The first kappa shape index (κ1) is 12.7. The molecule has 1 unspecified atom stereocenters. The summed E-state index contributed by atoms with van der Waals surface area (Å²) >= 11 is 0. The maximum Gasteiger partial charge on any atom is 0.159 e. The summed E-state index contributed by atoms with van der Waals surface area (Å²) in [5.74, 6) is -1.62. The van der Waals surface area contributed by atoms with Crippen LogP contribution in [0.15, 0.2) is 48.5 Å². The predicted molar refractivity (Wildman–Crippen MR) is 68.3 cm³/mol. The summed E-state index contributed by atoms with van der Waals surface area (Å²) in [6.07, 6.45) is 0.739. The second-order valence-corrected chi connectivity index (χ2v) is 4.20. The number of hydrogen-bond donors (Lipinski definition) is 1. The van der Waals surface area contributed by atoms with E-state index in [0.717, 1.165) is 17.5 Å². The van der Waals surface area contributed by atoms with Crippen LogP contribution >= 0.6 is 0 Å². The lowest BCUT2D eigenvalue weighted by atomic mass is 9.99. The number of halogens is 2. The van der Waals surface area contributed by atoms with Crippen molar-refractivity contribution in [2.45, 2.75) is 12.5 Å². The van der Waals surface area contributed by atoms with Crippen molar-refractivity contribution in [3.8, 4) is 0 Å². The first-order chi connectivity index (χ1) is 8.70. The average molecular weight is 247 g/mol. The molecule has 0 bridgehead atoms. The monoisotopic (exact) mass is 247 g/mol. The Morgan fingerprint density at radius 3 is 2.33 bits per heavy atom. The molecule has 0 aliphatic rings. The highest BCUT2D eigenvalue weighted by molar-refractivity contribution is 5.25. The topological polar surface area (TPSA) is 12.0 Å². The van der Waals surface area contributed by atoms with Crippen molar-refractivity contribution < 1.29 is 8.78 Å². The molecule has 1 N–H and O–H groups in total. The van der Waals surface area contributed by atoms with Crippen molar-refractivity contribution in [2.24, 2.45) is 0 Å². The predicted octanol–water partition coefficient (Wildman–Crippen LogP) is 3.47. The van der Waals surface area contributed by atoms with Crippen LogP contribution in [-0.4, -0.2) is 7.05 Å². The summed E-state index contributed by atoms with van der Waals surface area (Å²) < 4.78 is 26.1. The molecular weight excluding hydrogens is 232 g/mol. The van der Waals surface area contributed by atoms with E-state index in [-0.39, 0.29) is 6.04 Å². The molecule has 0 aliphatic carbocycles. The van der Waals surface area contributed by atoms with Gasteiger partial charge in [-0.1, -0.05) is 36.4 Å². The maximum atomic E-state index is 13.2. The summed E-state index contributed by atoms with van der Waals surface area (Å²) in [5, 5.41) is 3.12. The van der Waals surface area contributed by atoms with E-state index in [1.165, 1.54) is 12.1 Å². The lowest BCUT2D eigenvalue weighted by Crippen LogP contribution is -2.19. The second kappa shape index (κ2) is 5.74. The quantitative estimate of drug-likeness (QED) is 0.872. The molecule has 0 saturated heterocycles. The fourth-order valence-electron chi connectivity index (χ4n) is 1.97. The van der Waals surface area contributed by atoms with Crippen LogP contribution < -0.4 is 5.32 Å². The summed E-state index contributed by atoms with van der Waals surface area (Å²) in [6, 6.07) is 13.9. The molecule has 1 atom stereocenters. The van der Waals surface area contributed by atoms with Gasteiger partial charge in [0.05, 0.1) is 0 Å². The van der Waals surface area contributed by atoms with Crippen molar-refractivity contribution in [3.63, 3.8) is 0 Å². The Labute approximate surface area is 105 Å². The minimum atomic E-state index is -0.812. The SMILES string of the molecule is CNC(Cc1ccccc1)c1ccc(F)c(F)c1. The van der Waals surface area contributed by atoms with Crippen LogP contribution in [0.4, 0.5) is 8.78 Å². The molecule has 94 valence electrons. The summed E-state index contributed by atoms with van der Waals surface area (Å²) in [7, 11) is 1.81. The van der Waals surface area contributed by atoms with Crippen LogP contribution in [-0.2, 0) is 6.42 Å². The Bertz CT molecular complexity index is 511. The number of hydrogen-bond acceptors (Lipinski definition) is 1. The molecule has 0 aliphatic heterocycles. The Morgan fingerprint density at radius 1 is 1.00 bits per heavy atom. The van der Waals surface area contributed by atoms with E-state index in [0.29, 0.717) is 0 Å². The van der Waals surface area contributed by atoms with Crippen LogP contribution in [0, 0.1) is 11.6 Å². The van der Waals surface area contributed by atoms with Gasteiger partial charge in [-0.2, -0.15) is 0 Å². The van der Waals surface area contributed by atoms with Crippen molar-refractivity contribution >= 4 is 0 Å². The van der Waals surface area contributed by atoms with Crippen molar-refractivity contribution in [3.05, 3.63) is 71.3 Å². The molecule has 0 amide bonds. The largest absolute Gasteiger partial charge is 0.313 e. The number of benzene rings is 2. The van der Waals surface area contributed by atoms with Gasteiger partial charge in [0, 0.05) is 6.04 Å². The first-order valence-corrected chi connectivity index (χ1v) is 5.87. The molecule has 0 spiro atoms. The van der Waals surface area contributed by atoms with Gasteiger partial charge < -0.3 is 5.32 Å². The van der Waals surface area contributed by atoms with Gasteiger partial charge >= 0.3 is 0 Å². The van der Waals surface area contributed by atoms with Crippen LogP contribution in [0.2, 0.25) is 0 Å². The van der Waals surface area contributed by atoms with Crippen LogP contribution in [0.3, 0.4) is 0 Å². The van der Waals surface area contributed by atoms with E-state index in [4.69, 9.17) is 0 Å². The minimum absolute atomic E-state index is 0.0255. The third-order valence-electron chi connectivity index (χ3n) is 2.98. The van der Waals surface area contributed by atoms with Crippen LogP contribution in [0.1, 0.15) is 17.2 Å². The van der Waals surface area contributed by atoms with Gasteiger partial charge in [0.1, 0.15) is 0 Å². The molecule has 0 saturated carbocycles. The van der Waals surface area contributed by atoms with Gasteiger partial charge in [0.25, 0.3) is 0 Å². The standard InChI is InChI=1S/C15H15F2N/c1-18-15(9-11-5-3-2-4-6-11)12-7-8-13(16)14(17)10-12/h2-8,10,15,18H,9H2,1H3. The normalized spacial score (nSPS) is 12.4. The molecule has 0 aromatic heterocycles. The second-order valence-electron chi connectivity index (χ2n) is 4.20. The van der Waals surface area contributed by atoms with Crippen molar-refractivity contribution in [2.75, 3.05) is 7.05 Å². The lowest BCUT2D eigenvalue weighted by molar-refractivity contribution is 0.501. The fraction of sp³-hybridized carbons (Fsp3) is 0.200. The van der Waals surface area contributed by atoms with E-state index >= 15 is 0 Å². The average Bonchev–Trinajstić information content (AvgIpc) is 2.40. The van der Waals surface area contributed by atoms with Crippen molar-refractivity contribution in [1.29, 1.82) is 0 Å². The smallest absolute Gasteiger partial charge is 0.159 e. The Balaban J connectivity index is 2.20. The summed E-state index contributed by atoms with van der Waals surface area (Å²) in [6.45, 7) is 0. The van der Waals surface area contributed by atoms with E-state index in [9.17, 15) is 8.78 Å². The zero-order chi connectivity index (χ0) is 13.0. The molecular formula is C15H15F2N. The third-order valence-corrected chi connectivity index (χ3v) is 2.98. The number of likely N-dealkylation sites (N-methyl/N-ethyl adjacent to an activating group) is 1. The Morgan fingerprint density at radius 2 is 1.72 bits per heavy atom. The van der Waals surface area contributed by atoms with Gasteiger partial charge in [-0.25, -0.2) is 8.78 Å². The minimum Gasteiger partial charge on any atom is -0.313 e. The zero-order valence-corrected chi connectivity index (χ0v) is 10.2. The van der Waals surface area contributed by atoms with Gasteiger partial charge in [-0.05, 0) is 36.7 Å². The molecule has 2 aromatic carbocycles. The van der Waals surface area contributed by atoms with E-state index in [2.05, 4.69) is 5.32 Å². The Hall–Kier alpha value is -1.74. The van der Waals surface area contributed by atoms with Gasteiger partial charge in [-0.3, -0.25) is 0 Å². The highest BCUT2D eigenvalue weighted by Gasteiger charge is 2.12. The molecule has 2 rings (SSSR count). The lowest BCUT2D eigenvalue weighted by Gasteiger charge is -2.17. The highest BCUT2D eigenvalue weighted by atomic mass is 19.2. The van der Waals surface area contributed by atoms with Crippen molar-refractivity contribution in [1.82, 2.24) is 5.32 Å². The van der Waals surface area contributed by atoms with E-state index in [1.807, 2.05) is 37.4 Å². The van der Waals surface area contributed by atoms with E-state index < -0.39 is 11.6 Å². The number of nitrogens with one attached hydrogen (secondary N) is 1. The fourth-order valence-corrected chi connectivity index (χ4v) is 1.97. The van der Waals surface area contributed by atoms with Gasteiger partial charge in [0.2, 0.25) is 0 Å². The molecule has 0 fully saturated rings. The number of rotatable bonds is 4. The van der Waals surface area contributed by atoms with Gasteiger partial charge in [0.15, 0.2) is 11.6 Å². The molecule has 2 aromatic rings. The van der Waals surface area contributed by atoms with E-state index in [1.54, 1.807) is 6.07 Å². The zero-order valence-electron chi connectivity index (χ0n) is 10.2. The molecule has 1 nitrogen and oxygen atoms in total. The summed E-state index contributed by atoms with van der Waals surface area (Å²) in [4.78, 5) is 0. The van der Waals surface area contributed by atoms with Crippen LogP contribution in [0.5, 0.6) is 0 Å². The maximum absolute atomic E-state index is 13.2. The summed E-state index contributed by atoms with van der Waals surface area (Å²) in [5.41, 5.74) is 1.90. The molecule has 0 radical (unpaired) electrons. The third kappa shape index (κ3) is 2.93. The van der Waals surface area contributed by atoms with Crippen LogP contribution in [0.25, 0.3) is 0 Å². The Kier molecular flexibility index (Phi) is 4.05. The first-order valence-electron chi connectivity index (χ1n) is 5.87.